The Morgan fingerprint density at radius 2 is 1.82 bits per heavy atom. The highest BCUT2D eigenvalue weighted by Gasteiger charge is 2.30. The minimum atomic E-state index is -0.0119. The van der Waals surface area contributed by atoms with Gasteiger partial charge in [0, 0.05) is 19.0 Å². The highest BCUT2D eigenvalue weighted by molar-refractivity contribution is 6.42. The number of halogens is 3. The Balaban J connectivity index is 0.00000176. The van der Waals surface area contributed by atoms with Gasteiger partial charge in [0.2, 0.25) is 0 Å². The molecule has 22 heavy (non-hydrogen) atoms. The molecule has 0 aromatic heterocycles. The second-order valence-corrected chi connectivity index (χ2v) is 6.21. The first-order valence-electron chi connectivity index (χ1n) is 7.03. The number of aryl methyl sites for hydroxylation is 1. The molecule has 1 saturated heterocycles. The summed E-state index contributed by atoms with van der Waals surface area (Å²) >= 11 is 12.2. The summed E-state index contributed by atoms with van der Waals surface area (Å²) in [5.74, 6) is 1.36. The molecular weight excluding hydrogens is 341 g/mol. The molecular formula is C17H18Cl3NO. The Morgan fingerprint density at radius 1 is 1.09 bits per heavy atom. The van der Waals surface area contributed by atoms with E-state index in [4.69, 9.17) is 27.9 Å². The molecule has 5 heteroatoms. The predicted octanol–water partition coefficient (Wildman–Crippen LogP) is 5.06. The number of benzene rings is 2. The van der Waals surface area contributed by atoms with E-state index < -0.39 is 0 Å². The van der Waals surface area contributed by atoms with E-state index in [-0.39, 0.29) is 18.5 Å². The SMILES string of the molecule is Cc1ccccc1O[C@@H](c1ccc(Cl)c(Cl)c1)C1CNC1.Cl. The van der Waals surface area contributed by atoms with Crippen LogP contribution in [0.5, 0.6) is 5.75 Å². The molecule has 118 valence electrons. The van der Waals surface area contributed by atoms with Crippen LogP contribution < -0.4 is 10.1 Å². The van der Waals surface area contributed by atoms with Gasteiger partial charge in [-0.2, -0.15) is 0 Å². The fourth-order valence-electron chi connectivity index (χ4n) is 2.48. The lowest BCUT2D eigenvalue weighted by atomic mass is 9.90. The maximum absolute atomic E-state index is 6.29. The third kappa shape index (κ3) is 3.69. The van der Waals surface area contributed by atoms with E-state index in [1.54, 1.807) is 0 Å². The fraction of sp³-hybridized carbons (Fsp3) is 0.294. The average Bonchev–Trinajstić information content (AvgIpc) is 2.41. The lowest BCUT2D eigenvalue weighted by Crippen LogP contribution is -2.46. The first kappa shape index (κ1) is 17.4. The van der Waals surface area contributed by atoms with Crippen molar-refractivity contribution in [2.75, 3.05) is 13.1 Å². The van der Waals surface area contributed by atoms with E-state index in [1.807, 2.05) is 36.4 Å². The third-order valence-corrected chi connectivity index (χ3v) is 4.60. The summed E-state index contributed by atoms with van der Waals surface area (Å²) in [6.45, 7) is 3.97. The van der Waals surface area contributed by atoms with Gasteiger partial charge in [0.25, 0.3) is 0 Å². The van der Waals surface area contributed by atoms with Gasteiger partial charge >= 0.3 is 0 Å². The van der Waals surface area contributed by atoms with E-state index >= 15 is 0 Å². The van der Waals surface area contributed by atoms with Gasteiger partial charge in [-0.1, -0.05) is 47.5 Å². The second-order valence-electron chi connectivity index (χ2n) is 5.40. The Hall–Kier alpha value is -0.930. The van der Waals surface area contributed by atoms with Gasteiger partial charge in [0.1, 0.15) is 11.9 Å². The maximum Gasteiger partial charge on any atom is 0.129 e. The van der Waals surface area contributed by atoms with Crippen LogP contribution >= 0.6 is 35.6 Å². The van der Waals surface area contributed by atoms with Crippen molar-refractivity contribution < 1.29 is 4.74 Å². The van der Waals surface area contributed by atoms with E-state index in [0.29, 0.717) is 16.0 Å². The highest BCUT2D eigenvalue weighted by Crippen LogP contribution is 2.34. The molecule has 1 heterocycles. The fourth-order valence-corrected chi connectivity index (χ4v) is 2.78. The normalized spacial score (nSPS) is 15.6. The molecule has 0 radical (unpaired) electrons. The van der Waals surface area contributed by atoms with Crippen molar-refractivity contribution in [2.24, 2.45) is 5.92 Å². The van der Waals surface area contributed by atoms with Crippen LogP contribution in [-0.2, 0) is 0 Å². The van der Waals surface area contributed by atoms with Crippen LogP contribution in [0, 0.1) is 12.8 Å². The molecule has 0 spiro atoms. The molecule has 2 nitrogen and oxygen atoms in total. The number of hydrogen-bond donors (Lipinski definition) is 1. The van der Waals surface area contributed by atoms with Crippen LogP contribution in [0.15, 0.2) is 42.5 Å². The van der Waals surface area contributed by atoms with Crippen molar-refractivity contribution in [2.45, 2.75) is 13.0 Å². The summed E-state index contributed by atoms with van der Waals surface area (Å²) in [7, 11) is 0. The summed E-state index contributed by atoms with van der Waals surface area (Å²) in [6, 6.07) is 13.8. The van der Waals surface area contributed by atoms with Crippen LogP contribution in [-0.4, -0.2) is 13.1 Å². The van der Waals surface area contributed by atoms with Gasteiger partial charge in [-0.25, -0.2) is 0 Å². The zero-order chi connectivity index (χ0) is 14.8. The molecule has 1 N–H and O–H groups in total. The first-order chi connectivity index (χ1) is 10.1. The van der Waals surface area contributed by atoms with Crippen molar-refractivity contribution in [3.8, 4) is 5.75 Å². The zero-order valence-electron chi connectivity index (χ0n) is 12.2. The van der Waals surface area contributed by atoms with Gasteiger partial charge in [0.05, 0.1) is 10.0 Å². The lowest BCUT2D eigenvalue weighted by Gasteiger charge is -2.35. The molecule has 3 rings (SSSR count). The predicted molar refractivity (Wildman–Crippen MR) is 94.6 cm³/mol. The number of rotatable bonds is 4. The largest absolute Gasteiger partial charge is 0.485 e. The maximum atomic E-state index is 6.29. The average molecular weight is 359 g/mol. The molecule has 2 aromatic rings. The lowest BCUT2D eigenvalue weighted by molar-refractivity contribution is 0.0986. The summed E-state index contributed by atoms with van der Waals surface area (Å²) in [4.78, 5) is 0. The van der Waals surface area contributed by atoms with E-state index in [9.17, 15) is 0 Å². The van der Waals surface area contributed by atoms with Crippen molar-refractivity contribution >= 4 is 35.6 Å². The smallest absolute Gasteiger partial charge is 0.129 e. The number of nitrogens with one attached hydrogen (secondary N) is 1. The van der Waals surface area contributed by atoms with Crippen molar-refractivity contribution in [1.29, 1.82) is 0 Å². The molecule has 0 amide bonds. The number of para-hydroxylation sites is 1. The molecule has 0 saturated carbocycles. The Labute approximate surface area is 147 Å². The Morgan fingerprint density at radius 3 is 2.41 bits per heavy atom. The van der Waals surface area contributed by atoms with E-state index in [0.717, 1.165) is 30.0 Å². The van der Waals surface area contributed by atoms with Crippen LogP contribution in [0.4, 0.5) is 0 Å². The molecule has 0 unspecified atom stereocenters. The van der Waals surface area contributed by atoms with E-state index in [2.05, 4.69) is 18.3 Å². The molecule has 1 aliphatic rings. The van der Waals surface area contributed by atoms with Gasteiger partial charge in [-0.3, -0.25) is 0 Å². The van der Waals surface area contributed by atoms with Crippen LogP contribution in [0.25, 0.3) is 0 Å². The monoisotopic (exact) mass is 357 g/mol. The third-order valence-electron chi connectivity index (χ3n) is 3.86. The first-order valence-corrected chi connectivity index (χ1v) is 7.78. The van der Waals surface area contributed by atoms with E-state index in [1.165, 1.54) is 0 Å². The summed E-state index contributed by atoms with van der Waals surface area (Å²) < 4.78 is 6.29. The minimum absolute atomic E-state index is 0. The molecule has 1 fully saturated rings. The van der Waals surface area contributed by atoms with Crippen molar-refractivity contribution in [3.63, 3.8) is 0 Å². The summed E-state index contributed by atoms with van der Waals surface area (Å²) in [5, 5.41) is 4.44. The number of ether oxygens (including phenoxy) is 1. The second kappa shape index (κ2) is 7.56. The van der Waals surface area contributed by atoms with Crippen LogP contribution in [0.1, 0.15) is 17.2 Å². The van der Waals surface area contributed by atoms with Crippen LogP contribution in [0.2, 0.25) is 10.0 Å². The van der Waals surface area contributed by atoms with Gasteiger partial charge in [-0.05, 0) is 36.2 Å². The summed E-state index contributed by atoms with van der Waals surface area (Å²) in [5.41, 5.74) is 2.20. The molecule has 0 aliphatic carbocycles. The minimum Gasteiger partial charge on any atom is -0.485 e. The van der Waals surface area contributed by atoms with Gasteiger partial charge in [0.15, 0.2) is 0 Å². The van der Waals surface area contributed by atoms with Crippen molar-refractivity contribution in [1.82, 2.24) is 5.32 Å². The number of hydrogen-bond acceptors (Lipinski definition) is 2. The Bertz CT molecular complexity index is 644. The molecule has 2 aromatic carbocycles. The van der Waals surface area contributed by atoms with Crippen LogP contribution in [0.3, 0.4) is 0 Å². The Kier molecular flexibility index (Phi) is 5.99. The quantitative estimate of drug-likeness (QED) is 0.824. The summed E-state index contributed by atoms with van der Waals surface area (Å²) in [6.07, 6.45) is -0.0119. The standard InChI is InChI=1S/C17H17Cl2NO.ClH/c1-11-4-2-3-5-16(11)21-17(13-9-20-10-13)12-6-7-14(18)15(19)8-12;/h2-8,13,17,20H,9-10H2,1H3;1H/t17-;/m0./s1. The van der Waals surface area contributed by atoms with Gasteiger partial charge in [-0.15, -0.1) is 12.4 Å². The zero-order valence-corrected chi connectivity index (χ0v) is 14.5. The molecule has 0 bridgehead atoms. The van der Waals surface area contributed by atoms with Crippen molar-refractivity contribution in [3.05, 3.63) is 63.6 Å². The topological polar surface area (TPSA) is 21.3 Å². The highest BCUT2D eigenvalue weighted by atomic mass is 35.5. The molecule has 1 aliphatic heterocycles. The van der Waals surface area contributed by atoms with Gasteiger partial charge < -0.3 is 10.1 Å². The molecule has 1 atom stereocenters.